The van der Waals surface area contributed by atoms with E-state index in [0.717, 1.165) is 28.4 Å². The monoisotopic (exact) mass is 326 g/mol. The first kappa shape index (κ1) is 13.9. The highest BCUT2D eigenvalue weighted by Gasteiger charge is 2.27. The lowest BCUT2D eigenvalue weighted by Crippen LogP contribution is -2.48. The predicted molar refractivity (Wildman–Crippen MR) is 84.2 cm³/mol. The molecule has 1 aromatic rings. The largest absolute Gasteiger partial charge is 0.360 e. The van der Waals surface area contributed by atoms with Crippen LogP contribution in [0.2, 0.25) is 0 Å². The van der Waals surface area contributed by atoms with E-state index < -0.39 is 0 Å². The number of hydrogen-bond acceptors (Lipinski definition) is 2. The van der Waals surface area contributed by atoms with Crippen LogP contribution >= 0.6 is 27.7 Å². The first-order chi connectivity index (χ1) is 8.63. The third kappa shape index (κ3) is 3.51. The Morgan fingerprint density at radius 1 is 1.44 bits per heavy atom. The molecule has 0 bridgehead atoms. The Balaban J connectivity index is 2.04. The number of aliphatic imine (C=N–C) groups is 1. The van der Waals surface area contributed by atoms with Crippen LogP contribution in [0.1, 0.15) is 32.3 Å². The van der Waals surface area contributed by atoms with Gasteiger partial charge in [0.25, 0.3) is 0 Å². The number of halogens is 1. The van der Waals surface area contributed by atoms with Crippen LogP contribution in [-0.4, -0.2) is 16.5 Å². The van der Waals surface area contributed by atoms with Crippen LogP contribution < -0.4 is 5.32 Å². The summed E-state index contributed by atoms with van der Waals surface area (Å²) in [6, 6.07) is 8.26. The van der Waals surface area contributed by atoms with Crippen molar-refractivity contribution in [2.75, 3.05) is 5.75 Å². The number of nitrogens with one attached hydrogen (secondary N) is 1. The zero-order valence-corrected chi connectivity index (χ0v) is 13.3. The average molecular weight is 327 g/mol. The second-order valence-corrected chi connectivity index (χ2v) is 6.79. The lowest BCUT2D eigenvalue weighted by Gasteiger charge is -2.35. The normalized spacial score (nSPS) is 26.1. The second-order valence-electron chi connectivity index (χ2n) is 4.85. The molecule has 0 radical (unpaired) electrons. The van der Waals surface area contributed by atoms with Crippen LogP contribution in [0.25, 0.3) is 0 Å². The topological polar surface area (TPSA) is 24.4 Å². The molecule has 0 aliphatic carbocycles. The summed E-state index contributed by atoms with van der Waals surface area (Å²) >= 11 is 5.39. The number of thioether (sulfide) groups is 1. The van der Waals surface area contributed by atoms with Gasteiger partial charge in [-0.1, -0.05) is 52.8 Å². The molecule has 2 rings (SSSR count). The fourth-order valence-corrected chi connectivity index (χ4v) is 3.49. The van der Waals surface area contributed by atoms with E-state index in [4.69, 9.17) is 4.99 Å². The van der Waals surface area contributed by atoms with Crippen molar-refractivity contribution >= 4 is 32.9 Å². The molecule has 1 saturated heterocycles. The SMILES string of the molecule is CCC1(C)CCSC(=NCc2ccccc2Br)N1. The molecule has 1 heterocycles. The summed E-state index contributed by atoms with van der Waals surface area (Å²) in [4.78, 5) is 4.70. The van der Waals surface area contributed by atoms with Gasteiger partial charge in [0.05, 0.1) is 6.54 Å². The van der Waals surface area contributed by atoms with Gasteiger partial charge < -0.3 is 5.32 Å². The number of amidine groups is 1. The van der Waals surface area contributed by atoms with Crippen molar-refractivity contribution in [1.29, 1.82) is 0 Å². The molecule has 1 atom stereocenters. The third-order valence-electron chi connectivity index (χ3n) is 3.43. The summed E-state index contributed by atoms with van der Waals surface area (Å²) in [5, 5.41) is 4.65. The minimum Gasteiger partial charge on any atom is -0.360 e. The van der Waals surface area contributed by atoms with Crippen molar-refractivity contribution in [3.8, 4) is 0 Å². The Morgan fingerprint density at radius 3 is 2.94 bits per heavy atom. The predicted octanol–water partition coefficient (Wildman–Crippen LogP) is 4.20. The second kappa shape index (κ2) is 6.11. The summed E-state index contributed by atoms with van der Waals surface area (Å²) in [5.41, 5.74) is 1.45. The van der Waals surface area contributed by atoms with E-state index in [1.54, 1.807) is 0 Å². The molecule has 1 N–H and O–H groups in total. The highest BCUT2D eigenvalue weighted by Crippen LogP contribution is 2.25. The summed E-state index contributed by atoms with van der Waals surface area (Å²) in [5.74, 6) is 1.16. The molecule has 4 heteroatoms. The van der Waals surface area contributed by atoms with Crippen LogP contribution in [0, 0.1) is 0 Å². The number of benzene rings is 1. The van der Waals surface area contributed by atoms with Crippen molar-refractivity contribution in [1.82, 2.24) is 5.32 Å². The van der Waals surface area contributed by atoms with E-state index in [2.05, 4.69) is 53.3 Å². The molecule has 2 nitrogen and oxygen atoms in total. The van der Waals surface area contributed by atoms with E-state index in [1.807, 2.05) is 17.8 Å². The van der Waals surface area contributed by atoms with Gasteiger partial charge in [-0.15, -0.1) is 0 Å². The lowest BCUT2D eigenvalue weighted by atomic mass is 9.96. The van der Waals surface area contributed by atoms with Crippen molar-refractivity contribution < 1.29 is 0 Å². The molecule has 0 saturated carbocycles. The summed E-state index contributed by atoms with van der Waals surface area (Å²) in [6.45, 7) is 5.24. The van der Waals surface area contributed by atoms with Gasteiger partial charge in [-0.05, 0) is 31.4 Å². The maximum Gasteiger partial charge on any atom is 0.157 e. The van der Waals surface area contributed by atoms with E-state index >= 15 is 0 Å². The van der Waals surface area contributed by atoms with Gasteiger partial charge in [-0.3, -0.25) is 4.99 Å². The molecule has 1 aromatic carbocycles. The van der Waals surface area contributed by atoms with Crippen LogP contribution in [0.3, 0.4) is 0 Å². The maximum absolute atomic E-state index is 4.70. The van der Waals surface area contributed by atoms with E-state index in [1.165, 1.54) is 12.0 Å². The quantitative estimate of drug-likeness (QED) is 0.900. The van der Waals surface area contributed by atoms with Crippen molar-refractivity contribution in [3.05, 3.63) is 34.3 Å². The number of rotatable bonds is 3. The molecular weight excluding hydrogens is 308 g/mol. The lowest BCUT2D eigenvalue weighted by molar-refractivity contribution is 0.390. The molecule has 1 fully saturated rings. The molecule has 0 spiro atoms. The zero-order chi connectivity index (χ0) is 13.0. The Hall–Kier alpha value is -0.480. The Kier molecular flexibility index (Phi) is 4.73. The molecule has 0 amide bonds. The summed E-state index contributed by atoms with van der Waals surface area (Å²) in [7, 11) is 0. The van der Waals surface area contributed by atoms with Gasteiger partial charge in [0.1, 0.15) is 0 Å². The zero-order valence-electron chi connectivity index (χ0n) is 10.9. The average Bonchev–Trinajstić information content (AvgIpc) is 2.38. The van der Waals surface area contributed by atoms with E-state index in [0.29, 0.717) is 0 Å². The van der Waals surface area contributed by atoms with Crippen LogP contribution in [0.15, 0.2) is 33.7 Å². The van der Waals surface area contributed by atoms with Crippen LogP contribution in [0.4, 0.5) is 0 Å². The van der Waals surface area contributed by atoms with E-state index in [9.17, 15) is 0 Å². The first-order valence-electron chi connectivity index (χ1n) is 6.32. The Labute approximate surface area is 122 Å². The number of nitrogens with zero attached hydrogens (tertiary/aromatic N) is 1. The van der Waals surface area contributed by atoms with Crippen LogP contribution in [0.5, 0.6) is 0 Å². The van der Waals surface area contributed by atoms with Crippen LogP contribution in [-0.2, 0) is 6.54 Å². The molecule has 18 heavy (non-hydrogen) atoms. The first-order valence-corrected chi connectivity index (χ1v) is 8.10. The molecule has 1 aliphatic heterocycles. The molecule has 0 aromatic heterocycles. The minimum absolute atomic E-state index is 0.220. The van der Waals surface area contributed by atoms with Gasteiger partial charge in [-0.2, -0.15) is 0 Å². The standard InChI is InChI=1S/C14H19BrN2S/c1-3-14(2)8-9-18-13(17-14)16-10-11-6-4-5-7-12(11)15/h4-7H,3,8-10H2,1-2H3,(H,16,17). The molecule has 1 aliphatic rings. The molecular formula is C14H19BrN2S. The number of hydrogen-bond donors (Lipinski definition) is 1. The highest BCUT2D eigenvalue weighted by atomic mass is 79.9. The van der Waals surface area contributed by atoms with Gasteiger partial charge in [0.2, 0.25) is 0 Å². The van der Waals surface area contributed by atoms with Gasteiger partial charge in [-0.25, -0.2) is 0 Å². The summed E-state index contributed by atoms with van der Waals surface area (Å²) in [6.07, 6.45) is 2.35. The minimum atomic E-state index is 0.220. The molecule has 98 valence electrons. The van der Waals surface area contributed by atoms with Gasteiger partial charge in [0, 0.05) is 15.8 Å². The van der Waals surface area contributed by atoms with Crippen molar-refractivity contribution in [2.24, 2.45) is 4.99 Å². The fourth-order valence-electron chi connectivity index (χ4n) is 1.86. The summed E-state index contributed by atoms with van der Waals surface area (Å²) < 4.78 is 1.13. The molecule has 1 unspecified atom stereocenters. The van der Waals surface area contributed by atoms with E-state index in [-0.39, 0.29) is 5.54 Å². The smallest absolute Gasteiger partial charge is 0.157 e. The Morgan fingerprint density at radius 2 is 2.22 bits per heavy atom. The maximum atomic E-state index is 4.70. The highest BCUT2D eigenvalue weighted by molar-refractivity contribution is 9.10. The Bertz CT molecular complexity index is 447. The van der Waals surface area contributed by atoms with Crippen molar-refractivity contribution in [3.63, 3.8) is 0 Å². The van der Waals surface area contributed by atoms with Gasteiger partial charge >= 0.3 is 0 Å². The third-order valence-corrected chi connectivity index (χ3v) is 5.12. The van der Waals surface area contributed by atoms with Gasteiger partial charge in [0.15, 0.2) is 5.17 Å². The van der Waals surface area contributed by atoms with Crippen molar-refractivity contribution in [2.45, 2.75) is 38.8 Å². The fraction of sp³-hybridized carbons (Fsp3) is 0.500.